The number of H-pyrrole nitrogens is 2. The van der Waals surface area contributed by atoms with Crippen LogP contribution in [-0.2, 0) is 27.2 Å². The second-order valence-corrected chi connectivity index (χ2v) is 17.0. The molecule has 6 aromatic heterocycles. The summed E-state index contributed by atoms with van der Waals surface area (Å²) in [7, 11) is 1.56. The van der Waals surface area contributed by atoms with Crippen LogP contribution >= 0.6 is 23.2 Å². The van der Waals surface area contributed by atoms with E-state index >= 15 is 0 Å². The van der Waals surface area contributed by atoms with Gasteiger partial charge in [-0.1, -0.05) is 51.4 Å². The zero-order valence-electron chi connectivity index (χ0n) is 34.0. The van der Waals surface area contributed by atoms with Crippen molar-refractivity contribution in [1.82, 2.24) is 29.9 Å². The number of hydrogen-bond acceptors (Lipinski definition) is 9. The first-order valence-corrected chi connectivity index (χ1v) is 19.5. The number of carbonyl (C=O) groups excluding carboxylic acids is 2. The smallest absolute Gasteiger partial charge is 0.146 e. The molecule has 60 heavy (non-hydrogen) atoms. The van der Waals surface area contributed by atoms with Crippen molar-refractivity contribution in [2.45, 2.75) is 87.2 Å². The van der Waals surface area contributed by atoms with Gasteiger partial charge in [0.2, 0.25) is 0 Å². The molecular formula is C45H48Cl2F2N8O3. The minimum absolute atomic E-state index is 0. The number of aromatic nitrogens is 6. The van der Waals surface area contributed by atoms with Gasteiger partial charge < -0.3 is 24.3 Å². The monoisotopic (exact) mass is 856 g/mol. The quantitative estimate of drug-likeness (QED) is 0.121. The summed E-state index contributed by atoms with van der Waals surface area (Å²) < 4.78 is 35.2. The van der Waals surface area contributed by atoms with Gasteiger partial charge in [-0.2, -0.15) is 10.5 Å². The molecule has 0 amide bonds. The highest BCUT2D eigenvalue weighted by Crippen LogP contribution is 2.36. The molecule has 6 rings (SSSR count). The number of halogens is 4. The fourth-order valence-electron chi connectivity index (χ4n) is 6.84. The molecule has 0 radical (unpaired) electrons. The molecule has 0 aliphatic rings. The van der Waals surface area contributed by atoms with Crippen molar-refractivity contribution < 1.29 is 23.1 Å². The standard InChI is InChI=1S/C22H22ClFN4O2.C22H22ClFN4O.CH4/c1-12(29)5-14(22(2,3)30-4)7-19-18(24)6-13(9-25)20(28-19)17-11-27-21-16(17)8-15(23)10-26-21;1-12(29)5-14(22(2,3)4)7-19-18(24)6-13(9-25)20(28-19)17-11-27-21-16(17)8-15(23)10-26-21;/h6,8,10-11,14H,5,7H2,1-4H3,(H,26,27);6,8,10-11,14H,5,7H2,1-4H3,(H,26,27);1H4. The summed E-state index contributed by atoms with van der Waals surface area (Å²) in [4.78, 5) is 47.0. The maximum Gasteiger partial charge on any atom is 0.146 e. The predicted octanol–water partition coefficient (Wildman–Crippen LogP) is 11.0. The van der Waals surface area contributed by atoms with Crippen molar-refractivity contribution in [2.24, 2.45) is 17.3 Å². The molecule has 15 heteroatoms. The van der Waals surface area contributed by atoms with Crippen LogP contribution in [0.3, 0.4) is 0 Å². The summed E-state index contributed by atoms with van der Waals surface area (Å²) in [6.07, 6.45) is 7.45. The van der Waals surface area contributed by atoms with Gasteiger partial charge in [-0.3, -0.25) is 0 Å². The lowest BCUT2D eigenvalue weighted by atomic mass is 9.75. The van der Waals surface area contributed by atoms with Crippen LogP contribution in [0.15, 0.2) is 49.1 Å². The number of Topliss-reactive ketones (excluding diaryl/α,β-unsaturated/α-hetero) is 2. The van der Waals surface area contributed by atoms with Crippen LogP contribution in [0, 0.1) is 51.5 Å². The summed E-state index contributed by atoms with van der Waals surface area (Å²) in [5.41, 5.74) is 2.91. The van der Waals surface area contributed by atoms with E-state index < -0.39 is 17.2 Å². The van der Waals surface area contributed by atoms with E-state index in [2.05, 4.69) is 29.9 Å². The van der Waals surface area contributed by atoms with Gasteiger partial charge in [0.25, 0.3) is 0 Å². The molecule has 0 saturated heterocycles. The van der Waals surface area contributed by atoms with Crippen LogP contribution < -0.4 is 0 Å². The summed E-state index contributed by atoms with van der Waals surface area (Å²) >= 11 is 12.2. The largest absolute Gasteiger partial charge is 0.378 e. The van der Waals surface area contributed by atoms with Gasteiger partial charge in [0.1, 0.15) is 46.6 Å². The zero-order chi connectivity index (χ0) is 43.4. The third-order valence-electron chi connectivity index (χ3n) is 10.5. The molecule has 2 unspecified atom stereocenters. The fraction of sp³-hybridized carbons (Fsp3) is 0.378. The molecule has 6 heterocycles. The number of pyridine rings is 4. The molecule has 0 aliphatic heterocycles. The number of hydrogen-bond donors (Lipinski definition) is 2. The lowest BCUT2D eigenvalue weighted by Crippen LogP contribution is -2.36. The number of nitriles is 2. The second kappa shape index (κ2) is 19.2. The Labute approximate surface area is 358 Å². The van der Waals surface area contributed by atoms with Crippen molar-refractivity contribution in [3.63, 3.8) is 0 Å². The van der Waals surface area contributed by atoms with Crippen molar-refractivity contribution in [2.75, 3.05) is 7.11 Å². The minimum Gasteiger partial charge on any atom is -0.378 e. The molecule has 6 aromatic rings. The fourth-order valence-corrected chi connectivity index (χ4v) is 7.16. The van der Waals surface area contributed by atoms with Crippen LogP contribution in [0.25, 0.3) is 44.6 Å². The number of methoxy groups -OCH3 is 1. The van der Waals surface area contributed by atoms with E-state index in [-0.39, 0.29) is 71.6 Å². The molecule has 11 nitrogen and oxygen atoms in total. The highest BCUT2D eigenvalue weighted by molar-refractivity contribution is 6.31. The molecule has 2 atom stereocenters. The van der Waals surface area contributed by atoms with Crippen molar-refractivity contribution in [3.05, 3.63) is 93.2 Å². The number of ether oxygens (including phenoxy) is 1. The predicted molar refractivity (Wildman–Crippen MR) is 230 cm³/mol. The highest BCUT2D eigenvalue weighted by atomic mass is 35.5. The van der Waals surface area contributed by atoms with Gasteiger partial charge in [-0.15, -0.1) is 0 Å². The Hall–Kier alpha value is -5.60. The van der Waals surface area contributed by atoms with Crippen molar-refractivity contribution >= 4 is 56.8 Å². The molecule has 0 saturated carbocycles. The van der Waals surface area contributed by atoms with Crippen LogP contribution in [0.4, 0.5) is 8.78 Å². The number of carbonyl (C=O) groups is 2. The molecule has 0 fully saturated rings. The van der Waals surface area contributed by atoms with Crippen LogP contribution in [0.1, 0.15) is 91.2 Å². The normalized spacial score (nSPS) is 12.5. The van der Waals surface area contributed by atoms with E-state index in [4.69, 9.17) is 27.9 Å². The third kappa shape index (κ3) is 10.8. The van der Waals surface area contributed by atoms with Gasteiger partial charge in [0.05, 0.1) is 49.5 Å². The molecule has 0 aliphatic carbocycles. The maximum absolute atomic E-state index is 14.8. The van der Waals surface area contributed by atoms with Gasteiger partial charge in [0.15, 0.2) is 0 Å². The van der Waals surface area contributed by atoms with Gasteiger partial charge in [-0.05, 0) is 82.1 Å². The van der Waals surface area contributed by atoms with E-state index in [1.165, 1.54) is 38.4 Å². The van der Waals surface area contributed by atoms with Gasteiger partial charge in [0, 0.05) is 66.6 Å². The van der Waals surface area contributed by atoms with E-state index in [1.54, 1.807) is 31.6 Å². The van der Waals surface area contributed by atoms with Gasteiger partial charge >= 0.3 is 0 Å². The summed E-state index contributed by atoms with van der Waals surface area (Å²) in [6.45, 7) is 12.8. The maximum atomic E-state index is 14.8. The van der Waals surface area contributed by atoms with Crippen molar-refractivity contribution in [3.8, 4) is 34.7 Å². The average Bonchev–Trinajstić information content (AvgIpc) is 3.78. The summed E-state index contributed by atoms with van der Waals surface area (Å²) in [5.74, 6) is -1.47. The molecule has 0 aromatic carbocycles. The second-order valence-electron chi connectivity index (χ2n) is 16.1. The number of fused-ring (bicyclic) bond motifs is 2. The molecule has 0 bridgehead atoms. The Kier molecular flexibility index (Phi) is 15.1. The lowest BCUT2D eigenvalue weighted by molar-refractivity contribution is -0.121. The number of nitrogens with zero attached hydrogens (tertiary/aromatic N) is 6. The first kappa shape index (κ1) is 47.1. The lowest BCUT2D eigenvalue weighted by Gasteiger charge is -2.32. The zero-order valence-corrected chi connectivity index (χ0v) is 35.5. The Bertz CT molecular complexity index is 2640. The minimum atomic E-state index is -0.661. The Morgan fingerprint density at radius 2 is 1.15 bits per heavy atom. The summed E-state index contributed by atoms with van der Waals surface area (Å²) in [5, 5.41) is 21.4. The Morgan fingerprint density at radius 3 is 1.52 bits per heavy atom. The van der Waals surface area contributed by atoms with E-state index in [0.717, 1.165) is 0 Å². The van der Waals surface area contributed by atoms with E-state index in [9.17, 15) is 28.9 Å². The van der Waals surface area contributed by atoms with Crippen LogP contribution in [-0.4, -0.2) is 54.2 Å². The highest BCUT2D eigenvalue weighted by Gasteiger charge is 2.33. The van der Waals surface area contributed by atoms with E-state index in [0.29, 0.717) is 67.5 Å². The van der Waals surface area contributed by atoms with Crippen LogP contribution in [0.2, 0.25) is 10.0 Å². The number of aromatic amines is 2. The van der Waals surface area contributed by atoms with E-state index in [1.807, 2.05) is 46.8 Å². The van der Waals surface area contributed by atoms with Crippen molar-refractivity contribution in [1.29, 1.82) is 10.5 Å². The number of nitrogens with one attached hydrogen (secondary N) is 2. The SMILES string of the molecule is C.CC(=O)CC(Cc1nc(-c2c[nH]c3ncc(Cl)cc23)c(C#N)cc1F)C(C)(C)C.COC(C)(C)C(CC(C)=O)Cc1nc(-c2c[nH]c3ncc(Cl)cc23)c(C#N)cc1F. The Balaban J connectivity index is 0.000000260. The average molecular weight is 858 g/mol. The third-order valence-corrected chi connectivity index (χ3v) is 10.9. The first-order chi connectivity index (χ1) is 27.8. The number of ketones is 2. The first-order valence-electron chi connectivity index (χ1n) is 18.7. The molecule has 2 N–H and O–H groups in total. The number of rotatable bonds is 12. The van der Waals surface area contributed by atoms with Crippen LogP contribution in [0.5, 0.6) is 0 Å². The molecule has 314 valence electrons. The Morgan fingerprint density at radius 1 is 0.750 bits per heavy atom. The molecule has 0 spiro atoms. The summed E-state index contributed by atoms with van der Waals surface area (Å²) in [6, 6.07) is 9.87. The van der Waals surface area contributed by atoms with Gasteiger partial charge in [-0.25, -0.2) is 28.7 Å². The molecular weight excluding hydrogens is 809 g/mol. The topological polar surface area (TPSA) is 174 Å².